The van der Waals surface area contributed by atoms with Crippen LogP contribution in [-0.2, 0) is 42.7 Å². The summed E-state index contributed by atoms with van der Waals surface area (Å²) in [5, 5.41) is 45.1. The monoisotopic (exact) mass is 747 g/mol. The van der Waals surface area contributed by atoms with Crippen LogP contribution in [0.4, 0.5) is 5.69 Å². The number of aliphatic hydroxyl groups is 3. The summed E-state index contributed by atoms with van der Waals surface area (Å²) in [7, 11) is 1.14. The minimum atomic E-state index is -2.46. The lowest BCUT2D eigenvalue weighted by atomic mass is 9.74. The van der Waals surface area contributed by atoms with Crippen LogP contribution in [0.2, 0.25) is 0 Å². The molecule has 4 heterocycles. The van der Waals surface area contributed by atoms with Crippen LogP contribution in [0.1, 0.15) is 82.0 Å². The second-order valence-electron chi connectivity index (χ2n) is 14.5. The molecule has 6 bridgehead atoms. The van der Waals surface area contributed by atoms with Crippen LogP contribution in [0.3, 0.4) is 0 Å². The number of aliphatic hydroxyl groups excluding tert-OH is 2. The van der Waals surface area contributed by atoms with Crippen LogP contribution in [0, 0.1) is 15.5 Å². The zero-order chi connectivity index (χ0) is 38.3. The first-order valence-corrected chi connectivity index (χ1v) is 17.9. The minimum absolute atomic E-state index is 0.0632. The molecule has 1 aromatic rings. The van der Waals surface area contributed by atoms with Crippen molar-refractivity contribution in [2.75, 3.05) is 20.3 Å². The summed E-state index contributed by atoms with van der Waals surface area (Å²) >= 11 is 0. The van der Waals surface area contributed by atoms with Gasteiger partial charge in [-0.1, -0.05) is 26.0 Å². The molecule has 5 rings (SSSR count). The topological polar surface area (TPSA) is 220 Å². The Morgan fingerprint density at radius 2 is 1.79 bits per heavy atom. The Bertz CT molecular complexity index is 1540. The smallest absolute Gasteiger partial charge is 0.339 e. The first-order valence-electron chi connectivity index (χ1n) is 17.9. The Kier molecular flexibility index (Phi) is 13.4. The zero-order valence-electron chi connectivity index (χ0n) is 30.1. The molecule has 3 fully saturated rings. The Balaban J connectivity index is 1.53. The number of ether oxygens (including phenoxy) is 7. The molecule has 3 N–H and O–H groups in total. The van der Waals surface area contributed by atoms with Crippen LogP contribution in [0.5, 0.6) is 0 Å². The number of hydrogen-bond acceptors (Lipinski definition) is 15. The Hall–Kier alpha value is -3.77. The number of nitrogens with zero attached hydrogens (tertiary/aromatic N) is 1. The lowest BCUT2D eigenvalue weighted by Gasteiger charge is -2.51. The van der Waals surface area contributed by atoms with E-state index < -0.39 is 71.3 Å². The number of rotatable bonds is 5. The highest BCUT2D eigenvalue weighted by molar-refractivity contribution is 5.90. The number of nitro groups is 1. The molecule has 4 aliphatic rings. The molecular formula is C37H49NO15. The highest BCUT2D eigenvalue weighted by atomic mass is 16.7. The van der Waals surface area contributed by atoms with E-state index in [9.17, 15) is 39.8 Å². The number of carbonyl (C=O) groups is 3. The molecule has 4 aliphatic heterocycles. The van der Waals surface area contributed by atoms with Gasteiger partial charge in [0.1, 0.15) is 6.10 Å². The summed E-state index contributed by atoms with van der Waals surface area (Å²) < 4.78 is 41.1. The second kappa shape index (κ2) is 17.6. The van der Waals surface area contributed by atoms with Crippen LogP contribution in [-0.4, -0.2) is 113 Å². The molecule has 292 valence electrons. The molecule has 0 amide bonds. The number of carbonyl (C=O) groups excluding carboxylic acids is 3. The Morgan fingerprint density at radius 1 is 1.06 bits per heavy atom. The molecule has 0 radical (unpaired) electrons. The van der Waals surface area contributed by atoms with E-state index in [1.807, 2.05) is 0 Å². The molecule has 53 heavy (non-hydrogen) atoms. The van der Waals surface area contributed by atoms with Crippen molar-refractivity contribution >= 4 is 23.6 Å². The second-order valence-corrected chi connectivity index (χ2v) is 14.5. The van der Waals surface area contributed by atoms with Crippen molar-refractivity contribution in [1.82, 2.24) is 0 Å². The van der Waals surface area contributed by atoms with Crippen molar-refractivity contribution in [2.24, 2.45) is 5.41 Å². The average Bonchev–Trinajstić information content (AvgIpc) is 3.11. The number of esters is 3. The molecule has 0 unspecified atom stereocenters. The minimum Gasteiger partial charge on any atom is -0.466 e. The standard InChI is InChI=1S/C37H49NO15/c1-36(2)12-10-33-48-13-11-28(51-33)19-27-9-5-8-26(49-27)17-25(40)18-32(42)50-30(21-39)20-29-15-23(16-31(41)47-3)34(37(36,44)53-29)52-35(43)22-6-4-7-24(14-22)38(45)46/h4,6-7,10,12,14,16,25-30,33-34,39-40,44H,5,8-9,11,13,15,17-21H2,1-3H3/b12-10+,23-16+/t25-,26+,27-,28+,29+,30+,33+,34+,37-/m1/s1. The van der Waals surface area contributed by atoms with Gasteiger partial charge in [-0.2, -0.15) is 0 Å². The fourth-order valence-electron chi connectivity index (χ4n) is 7.24. The molecule has 9 atom stereocenters. The maximum Gasteiger partial charge on any atom is 0.339 e. The first-order chi connectivity index (χ1) is 25.2. The third-order valence-corrected chi connectivity index (χ3v) is 10.1. The molecule has 3 saturated heterocycles. The number of benzene rings is 1. The van der Waals surface area contributed by atoms with Gasteiger partial charge in [0.2, 0.25) is 5.79 Å². The van der Waals surface area contributed by atoms with E-state index in [-0.39, 0.29) is 60.8 Å². The average molecular weight is 748 g/mol. The van der Waals surface area contributed by atoms with E-state index in [1.165, 1.54) is 18.2 Å². The lowest BCUT2D eigenvalue weighted by molar-refractivity contribution is -0.384. The SMILES string of the molecule is COC(=O)/C=C1\C[C@H]2C[C@@H](CO)OC(=O)C[C@H](O)C[C@@H]3CCC[C@H](C[C@@H]4CCO[C@H](/C=C/C(C)(C)[C@](O)(O2)[C@H]1OC(=O)c1cccc([N+](=O)[O-])c1)O4)O3. The third kappa shape index (κ3) is 10.3. The summed E-state index contributed by atoms with van der Waals surface area (Å²) in [6, 6.07) is 4.83. The highest BCUT2D eigenvalue weighted by Crippen LogP contribution is 2.47. The van der Waals surface area contributed by atoms with Gasteiger partial charge in [0.25, 0.3) is 5.69 Å². The molecule has 16 nitrogen and oxygen atoms in total. The van der Waals surface area contributed by atoms with Crippen molar-refractivity contribution in [3.63, 3.8) is 0 Å². The number of nitro benzene ring substituents is 1. The van der Waals surface area contributed by atoms with Gasteiger partial charge in [-0.25, -0.2) is 9.59 Å². The van der Waals surface area contributed by atoms with E-state index in [2.05, 4.69) is 0 Å². The zero-order valence-corrected chi connectivity index (χ0v) is 30.1. The number of fused-ring (bicyclic) bond motifs is 6. The Labute approximate surface area is 307 Å². The maximum atomic E-state index is 13.6. The van der Waals surface area contributed by atoms with Gasteiger partial charge in [0, 0.05) is 36.5 Å². The van der Waals surface area contributed by atoms with Gasteiger partial charge in [-0.05, 0) is 56.2 Å². The molecule has 0 spiro atoms. The fraction of sp³-hybridized carbons (Fsp3) is 0.649. The molecular weight excluding hydrogens is 698 g/mol. The van der Waals surface area contributed by atoms with Crippen LogP contribution in [0.15, 0.2) is 48.1 Å². The van der Waals surface area contributed by atoms with Gasteiger partial charge in [0.05, 0.1) is 67.8 Å². The van der Waals surface area contributed by atoms with Crippen molar-refractivity contribution in [2.45, 2.75) is 126 Å². The number of non-ortho nitro benzene ring substituents is 1. The molecule has 16 heteroatoms. The maximum absolute atomic E-state index is 13.6. The highest BCUT2D eigenvalue weighted by Gasteiger charge is 2.57. The normalized spacial score (nSPS) is 35.3. The van der Waals surface area contributed by atoms with Crippen molar-refractivity contribution in [1.29, 1.82) is 0 Å². The quantitative estimate of drug-likeness (QED) is 0.0984. The third-order valence-electron chi connectivity index (χ3n) is 10.1. The molecule has 0 aromatic heterocycles. The molecule has 0 aliphatic carbocycles. The van der Waals surface area contributed by atoms with E-state index in [1.54, 1.807) is 26.0 Å². The van der Waals surface area contributed by atoms with Gasteiger partial charge < -0.3 is 48.5 Å². The predicted octanol–water partition coefficient (Wildman–Crippen LogP) is 3.19. The molecule has 0 saturated carbocycles. The van der Waals surface area contributed by atoms with Crippen molar-refractivity contribution < 1.29 is 67.8 Å². The summed E-state index contributed by atoms with van der Waals surface area (Å²) in [4.78, 5) is 50.0. The lowest BCUT2D eigenvalue weighted by Crippen LogP contribution is -2.62. The number of hydrogen-bond donors (Lipinski definition) is 3. The number of methoxy groups -OCH3 is 1. The summed E-state index contributed by atoms with van der Waals surface area (Å²) in [6.45, 7) is 2.96. The fourth-order valence-corrected chi connectivity index (χ4v) is 7.24. The van der Waals surface area contributed by atoms with Crippen LogP contribution < -0.4 is 0 Å². The van der Waals surface area contributed by atoms with Gasteiger partial charge >= 0.3 is 17.9 Å². The summed E-state index contributed by atoms with van der Waals surface area (Å²) in [5.74, 6) is -5.10. The van der Waals surface area contributed by atoms with Gasteiger partial charge in [-0.3, -0.25) is 14.9 Å². The largest absolute Gasteiger partial charge is 0.466 e. The van der Waals surface area contributed by atoms with Gasteiger partial charge in [-0.15, -0.1) is 0 Å². The van der Waals surface area contributed by atoms with Crippen LogP contribution in [0.25, 0.3) is 0 Å². The van der Waals surface area contributed by atoms with Crippen molar-refractivity contribution in [3.05, 3.63) is 63.7 Å². The first kappa shape index (κ1) is 40.4. The van der Waals surface area contributed by atoms with Gasteiger partial charge in [0.15, 0.2) is 12.4 Å². The van der Waals surface area contributed by atoms with E-state index in [4.69, 9.17) is 33.2 Å². The van der Waals surface area contributed by atoms with E-state index >= 15 is 0 Å². The van der Waals surface area contributed by atoms with Crippen LogP contribution >= 0.6 is 0 Å². The Morgan fingerprint density at radius 3 is 2.51 bits per heavy atom. The number of cyclic esters (lactones) is 1. The van der Waals surface area contributed by atoms with E-state index in [0.717, 1.165) is 38.5 Å². The summed E-state index contributed by atoms with van der Waals surface area (Å²) in [5.41, 5.74) is -1.95. The van der Waals surface area contributed by atoms with E-state index in [0.29, 0.717) is 19.4 Å². The molecule has 1 aromatic carbocycles. The predicted molar refractivity (Wildman–Crippen MR) is 183 cm³/mol. The van der Waals surface area contributed by atoms with Crippen molar-refractivity contribution in [3.8, 4) is 0 Å². The summed E-state index contributed by atoms with van der Waals surface area (Å²) in [6.07, 6.45) is 1.10.